The highest BCUT2D eigenvalue weighted by molar-refractivity contribution is 5.24. The number of nitrogens with zero attached hydrogens (tertiary/aromatic N) is 2. The molecule has 3 nitrogen and oxygen atoms in total. The molecular formula is C13H18N2O. The average molecular weight is 218 g/mol. The van der Waals surface area contributed by atoms with Crippen LogP contribution >= 0.6 is 0 Å². The monoisotopic (exact) mass is 218 g/mol. The van der Waals surface area contributed by atoms with Crippen molar-refractivity contribution in [3.63, 3.8) is 0 Å². The second kappa shape index (κ2) is 6.84. The van der Waals surface area contributed by atoms with Crippen LogP contribution in [0.25, 0.3) is 0 Å². The van der Waals surface area contributed by atoms with Crippen LogP contribution in [-0.4, -0.2) is 4.57 Å². The van der Waals surface area contributed by atoms with Crippen molar-refractivity contribution in [2.75, 3.05) is 0 Å². The Morgan fingerprint density at radius 1 is 1.31 bits per heavy atom. The van der Waals surface area contributed by atoms with Crippen molar-refractivity contribution in [3.05, 3.63) is 34.2 Å². The summed E-state index contributed by atoms with van der Waals surface area (Å²) in [6.45, 7) is 2.90. The highest BCUT2D eigenvalue weighted by Gasteiger charge is 2.00. The molecular weight excluding hydrogens is 200 g/mol. The Bertz CT molecular complexity index is 415. The quantitative estimate of drug-likeness (QED) is 0.689. The molecule has 3 heteroatoms. The lowest BCUT2D eigenvalue weighted by atomic mass is 10.1. The molecule has 86 valence electrons. The molecule has 0 saturated carbocycles. The van der Waals surface area contributed by atoms with Gasteiger partial charge in [0.15, 0.2) is 0 Å². The first-order valence-electron chi connectivity index (χ1n) is 5.89. The number of aryl methyl sites for hydroxylation is 1. The molecule has 16 heavy (non-hydrogen) atoms. The van der Waals surface area contributed by atoms with Gasteiger partial charge >= 0.3 is 0 Å². The third kappa shape index (κ3) is 3.54. The van der Waals surface area contributed by atoms with E-state index in [4.69, 9.17) is 5.26 Å². The zero-order valence-corrected chi connectivity index (χ0v) is 9.78. The molecule has 0 aliphatic rings. The third-order valence-electron chi connectivity index (χ3n) is 2.64. The van der Waals surface area contributed by atoms with Gasteiger partial charge in [-0.1, -0.05) is 32.6 Å². The molecule has 1 aromatic heterocycles. The molecule has 0 fully saturated rings. The highest BCUT2D eigenvalue weighted by Crippen LogP contribution is 2.03. The van der Waals surface area contributed by atoms with Gasteiger partial charge in [0, 0.05) is 12.7 Å². The minimum Gasteiger partial charge on any atom is -0.314 e. The first kappa shape index (κ1) is 12.5. The largest absolute Gasteiger partial charge is 0.314 e. The van der Waals surface area contributed by atoms with Crippen LogP contribution < -0.4 is 5.56 Å². The Balaban J connectivity index is 2.49. The third-order valence-corrected chi connectivity index (χ3v) is 2.64. The second-order valence-electron chi connectivity index (χ2n) is 3.95. The van der Waals surface area contributed by atoms with Crippen molar-refractivity contribution in [2.45, 2.75) is 45.6 Å². The number of hydrogen-bond donors (Lipinski definition) is 0. The fraction of sp³-hybridized carbons (Fsp3) is 0.538. The summed E-state index contributed by atoms with van der Waals surface area (Å²) in [5, 5.41) is 8.72. The van der Waals surface area contributed by atoms with Crippen LogP contribution in [0.15, 0.2) is 23.1 Å². The second-order valence-corrected chi connectivity index (χ2v) is 3.95. The Morgan fingerprint density at radius 2 is 2.06 bits per heavy atom. The maximum absolute atomic E-state index is 11.7. The van der Waals surface area contributed by atoms with Crippen LogP contribution in [0, 0.1) is 11.3 Å². The molecule has 0 spiro atoms. The van der Waals surface area contributed by atoms with E-state index in [0.717, 1.165) is 19.4 Å². The molecule has 0 unspecified atom stereocenters. The standard InChI is InChI=1S/C13H18N2O/c1-2-3-4-5-6-9-15-10-7-8-12(11-14)13(15)16/h7-8,10H,2-6,9H2,1H3. The predicted molar refractivity (Wildman–Crippen MR) is 64.2 cm³/mol. The van der Waals surface area contributed by atoms with E-state index < -0.39 is 0 Å². The van der Waals surface area contributed by atoms with Crippen molar-refractivity contribution in [1.82, 2.24) is 4.57 Å². The van der Waals surface area contributed by atoms with E-state index in [1.54, 1.807) is 22.9 Å². The number of aromatic nitrogens is 1. The van der Waals surface area contributed by atoms with E-state index in [2.05, 4.69) is 6.92 Å². The van der Waals surface area contributed by atoms with Gasteiger partial charge in [0.2, 0.25) is 0 Å². The number of hydrogen-bond acceptors (Lipinski definition) is 2. The first-order valence-corrected chi connectivity index (χ1v) is 5.89. The molecule has 1 aromatic rings. The molecule has 1 heterocycles. The average Bonchev–Trinajstić information content (AvgIpc) is 2.31. The Kier molecular flexibility index (Phi) is 5.35. The lowest BCUT2D eigenvalue weighted by Gasteiger charge is -2.05. The van der Waals surface area contributed by atoms with Gasteiger partial charge in [0.25, 0.3) is 5.56 Å². The van der Waals surface area contributed by atoms with Gasteiger partial charge in [-0.15, -0.1) is 0 Å². The lowest BCUT2D eigenvalue weighted by Crippen LogP contribution is -2.21. The fourth-order valence-electron chi connectivity index (χ4n) is 1.68. The van der Waals surface area contributed by atoms with Gasteiger partial charge in [-0.2, -0.15) is 5.26 Å². The predicted octanol–water partition coefficient (Wildman–Crippen LogP) is 2.69. The number of rotatable bonds is 6. The smallest absolute Gasteiger partial charge is 0.268 e. The molecule has 0 aromatic carbocycles. The zero-order chi connectivity index (χ0) is 11.8. The minimum atomic E-state index is -0.166. The van der Waals surface area contributed by atoms with Crippen LogP contribution in [0.5, 0.6) is 0 Å². The Morgan fingerprint density at radius 3 is 2.75 bits per heavy atom. The number of pyridine rings is 1. The van der Waals surface area contributed by atoms with Crippen molar-refractivity contribution < 1.29 is 0 Å². The molecule has 1 rings (SSSR count). The summed E-state index contributed by atoms with van der Waals surface area (Å²) < 4.78 is 1.63. The van der Waals surface area contributed by atoms with Crippen molar-refractivity contribution in [1.29, 1.82) is 5.26 Å². The molecule has 0 saturated heterocycles. The molecule has 0 amide bonds. The van der Waals surface area contributed by atoms with Gasteiger partial charge in [-0.3, -0.25) is 4.79 Å². The first-order chi connectivity index (χ1) is 7.79. The van der Waals surface area contributed by atoms with Crippen LogP contribution in [0.2, 0.25) is 0 Å². The highest BCUT2D eigenvalue weighted by atomic mass is 16.1. The van der Waals surface area contributed by atoms with Crippen LogP contribution in [-0.2, 0) is 6.54 Å². The fourth-order valence-corrected chi connectivity index (χ4v) is 1.68. The Hall–Kier alpha value is -1.56. The maximum Gasteiger partial charge on any atom is 0.268 e. The Labute approximate surface area is 96.3 Å². The summed E-state index contributed by atoms with van der Waals surface area (Å²) in [6, 6.07) is 5.23. The lowest BCUT2D eigenvalue weighted by molar-refractivity contribution is 0.558. The van der Waals surface area contributed by atoms with Gasteiger partial charge in [-0.05, 0) is 18.6 Å². The summed E-state index contributed by atoms with van der Waals surface area (Å²) in [4.78, 5) is 11.7. The van der Waals surface area contributed by atoms with Crippen molar-refractivity contribution in [2.24, 2.45) is 0 Å². The van der Waals surface area contributed by atoms with Gasteiger partial charge < -0.3 is 4.57 Å². The molecule has 0 atom stereocenters. The van der Waals surface area contributed by atoms with E-state index in [-0.39, 0.29) is 11.1 Å². The summed E-state index contributed by atoms with van der Waals surface area (Å²) in [5.74, 6) is 0. The number of nitriles is 1. The summed E-state index contributed by atoms with van der Waals surface area (Å²) in [5.41, 5.74) is 0.0662. The van der Waals surface area contributed by atoms with Crippen molar-refractivity contribution >= 4 is 0 Å². The van der Waals surface area contributed by atoms with E-state index >= 15 is 0 Å². The summed E-state index contributed by atoms with van der Waals surface area (Å²) in [6.07, 6.45) is 7.62. The number of unbranched alkanes of at least 4 members (excludes halogenated alkanes) is 4. The van der Waals surface area contributed by atoms with Gasteiger partial charge in [0.1, 0.15) is 11.6 Å². The van der Waals surface area contributed by atoms with Gasteiger partial charge in [0.05, 0.1) is 0 Å². The maximum atomic E-state index is 11.7. The van der Waals surface area contributed by atoms with Crippen LogP contribution in [0.1, 0.15) is 44.6 Å². The van der Waals surface area contributed by atoms with Crippen molar-refractivity contribution in [3.8, 4) is 6.07 Å². The van der Waals surface area contributed by atoms with E-state index in [0.29, 0.717) is 0 Å². The van der Waals surface area contributed by atoms with E-state index in [1.807, 2.05) is 6.07 Å². The molecule has 0 bridgehead atoms. The van der Waals surface area contributed by atoms with Crippen LogP contribution in [0.4, 0.5) is 0 Å². The van der Waals surface area contributed by atoms with E-state index in [9.17, 15) is 4.79 Å². The molecule has 0 aliphatic carbocycles. The van der Waals surface area contributed by atoms with Crippen LogP contribution in [0.3, 0.4) is 0 Å². The molecule has 0 aliphatic heterocycles. The SMILES string of the molecule is CCCCCCCn1cccc(C#N)c1=O. The van der Waals surface area contributed by atoms with E-state index in [1.165, 1.54) is 19.3 Å². The zero-order valence-electron chi connectivity index (χ0n) is 9.78. The molecule has 0 N–H and O–H groups in total. The minimum absolute atomic E-state index is 0.166. The molecule has 0 radical (unpaired) electrons. The van der Waals surface area contributed by atoms with Gasteiger partial charge in [-0.25, -0.2) is 0 Å². The summed E-state index contributed by atoms with van der Waals surface area (Å²) >= 11 is 0. The normalized spacial score (nSPS) is 10.0. The topological polar surface area (TPSA) is 45.8 Å². The summed E-state index contributed by atoms with van der Waals surface area (Å²) in [7, 11) is 0.